The van der Waals surface area contributed by atoms with E-state index in [1.165, 1.54) is 18.3 Å². The first-order valence-electron chi connectivity index (χ1n) is 5.75. The maximum Gasteiger partial charge on any atom is 0.271 e. The summed E-state index contributed by atoms with van der Waals surface area (Å²) in [5.41, 5.74) is 2.94. The van der Waals surface area contributed by atoms with Crippen molar-refractivity contribution in [3.8, 4) is 5.75 Å². The number of carbonyl (C=O) groups excluding carboxylic acids is 1. The first-order valence-corrected chi connectivity index (χ1v) is 6.88. The average molecular weight is 344 g/mol. The third kappa shape index (κ3) is 3.88. The van der Waals surface area contributed by atoms with Crippen molar-refractivity contribution in [2.24, 2.45) is 5.10 Å². The van der Waals surface area contributed by atoms with Crippen molar-refractivity contribution in [2.75, 3.05) is 0 Å². The second-order valence-electron chi connectivity index (χ2n) is 4.00. The van der Waals surface area contributed by atoms with Crippen LogP contribution in [0.25, 0.3) is 0 Å². The maximum atomic E-state index is 11.8. The molecule has 2 N–H and O–H groups in total. The van der Waals surface area contributed by atoms with E-state index < -0.39 is 5.91 Å². The number of aromatic hydroxyl groups is 1. The lowest BCUT2D eigenvalue weighted by molar-refractivity contribution is 0.0955. The molecule has 0 radical (unpaired) electrons. The Hall–Kier alpha value is -1.75. The molecule has 0 spiro atoms. The Labute approximate surface area is 135 Å². The number of rotatable bonds is 3. The van der Waals surface area contributed by atoms with Gasteiger partial charge in [0.25, 0.3) is 5.91 Å². The zero-order chi connectivity index (χ0) is 15.4. The first kappa shape index (κ1) is 15.6. The van der Waals surface area contributed by atoms with Gasteiger partial charge >= 0.3 is 0 Å². The molecule has 0 bridgehead atoms. The number of carbonyl (C=O) groups is 1. The van der Waals surface area contributed by atoms with Crippen LogP contribution in [0.3, 0.4) is 0 Å². The van der Waals surface area contributed by atoms with Gasteiger partial charge in [0.15, 0.2) is 0 Å². The van der Waals surface area contributed by atoms with Crippen LogP contribution in [0.1, 0.15) is 15.9 Å². The van der Waals surface area contributed by atoms with Crippen LogP contribution < -0.4 is 5.43 Å². The molecule has 108 valence electrons. The van der Waals surface area contributed by atoms with Crippen LogP contribution in [-0.2, 0) is 0 Å². The number of nitrogens with zero attached hydrogens (tertiary/aromatic N) is 1. The van der Waals surface area contributed by atoms with Crippen LogP contribution in [0.5, 0.6) is 5.75 Å². The molecule has 0 saturated heterocycles. The predicted molar refractivity (Wildman–Crippen MR) is 84.6 cm³/mol. The molecule has 0 aliphatic carbocycles. The minimum absolute atomic E-state index is 0.143. The van der Waals surface area contributed by atoms with Crippen molar-refractivity contribution in [2.45, 2.75) is 0 Å². The Balaban J connectivity index is 2.11. The highest BCUT2D eigenvalue weighted by Crippen LogP contribution is 2.31. The van der Waals surface area contributed by atoms with Gasteiger partial charge in [-0.1, -0.05) is 34.8 Å². The number of halogens is 3. The van der Waals surface area contributed by atoms with E-state index in [0.717, 1.165) is 0 Å². The molecule has 21 heavy (non-hydrogen) atoms. The number of phenolic OH excluding ortho intramolecular Hbond substituents is 1. The predicted octanol–water partition coefficient (Wildman–Crippen LogP) is 4.12. The zero-order valence-electron chi connectivity index (χ0n) is 10.5. The van der Waals surface area contributed by atoms with E-state index in [4.69, 9.17) is 34.8 Å². The SMILES string of the molecule is O=C(N/N=C/c1c(Cl)ccc(Cl)c1O)c1ccc(Cl)cc1. The second-order valence-corrected chi connectivity index (χ2v) is 5.25. The van der Waals surface area contributed by atoms with E-state index in [9.17, 15) is 9.90 Å². The van der Waals surface area contributed by atoms with Crippen molar-refractivity contribution in [3.63, 3.8) is 0 Å². The zero-order valence-corrected chi connectivity index (χ0v) is 12.7. The van der Waals surface area contributed by atoms with E-state index in [-0.39, 0.29) is 21.4 Å². The van der Waals surface area contributed by atoms with E-state index >= 15 is 0 Å². The van der Waals surface area contributed by atoms with Gasteiger partial charge in [-0.2, -0.15) is 5.10 Å². The second kappa shape index (κ2) is 6.80. The lowest BCUT2D eigenvalue weighted by atomic mass is 10.2. The summed E-state index contributed by atoms with van der Waals surface area (Å²) in [5, 5.41) is 14.4. The summed E-state index contributed by atoms with van der Waals surface area (Å²) in [7, 11) is 0. The summed E-state index contributed by atoms with van der Waals surface area (Å²) in [6, 6.07) is 9.31. The number of benzene rings is 2. The molecule has 0 unspecified atom stereocenters. The maximum absolute atomic E-state index is 11.8. The number of nitrogens with one attached hydrogen (secondary N) is 1. The molecule has 0 aliphatic heterocycles. The van der Waals surface area contributed by atoms with Crippen molar-refractivity contribution >= 4 is 46.9 Å². The number of hydrazone groups is 1. The summed E-state index contributed by atoms with van der Waals surface area (Å²) >= 11 is 17.4. The van der Waals surface area contributed by atoms with Gasteiger partial charge in [0.2, 0.25) is 0 Å². The van der Waals surface area contributed by atoms with Crippen LogP contribution in [0.4, 0.5) is 0 Å². The topological polar surface area (TPSA) is 61.7 Å². The average Bonchev–Trinajstić information content (AvgIpc) is 2.47. The van der Waals surface area contributed by atoms with Crippen molar-refractivity contribution in [3.05, 3.63) is 62.6 Å². The summed E-state index contributed by atoms with van der Waals surface area (Å²) in [6.07, 6.45) is 1.22. The molecule has 0 aliphatic rings. The third-order valence-corrected chi connectivity index (χ3v) is 3.47. The summed E-state index contributed by atoms with van der Waals surface area (Å²) in [4.78, 5) is 11.8. The number of phenols is 1. The van der Waals surface area contributed by atoms with Gasteiger partial charge in [-0.05, 0) is 36.4 Å². The van der Waals surface area contributed by atoms with Gasteiger partial charge in [0.1, 0.15) is 5.75 Å². The molecule has 1 amide bonds. The van der Waals surface area contributed by atoms with Gasteiger partial charge in [-0.15, -0.1) is 0 Å². The lowest BCUT2D eigenvalue weighted by Crippen LogP contribution is -2.17. The Kier molecular flexibility index (Phi) is 5.07. The molecular weight excluding hydrogens is 335 g/mol. The highest BCUT2D eigenvalue weighted by Gasteiger charge is 2.09. The number of hydrogen-bond acceptors (Lipinski definition) is 3. The normalized spacial score (nSPS) is 10.8. The van der Waals surface area contributed by atoms with Crippen molar-refractivity contribution in [1.29, 1.82) is 0 Å². The molecule has 4 nitrogen and oxygen atoms in total. The number of amides is 1. The summed E-state index contributed by atoms with van der Waals surface area (Å²) in [6.45, 7) is 0. The van der Waals surface area contributed by atoms with E-state index in [2.05, 4.69) is 10.5 Å². The largest absolute Gasteiger partial charge is 0.506 e. The minimum atomic E-state index is -0.416. The molecule has 0 heterocycles. The van der Waals surface area contributed by atoms with Gasteiger partial charge in [0.05, 0.1) is 21.8 Å². The van der Waals surface area contributed by atoms with Crippen LogP contribution in [0, 0.1) is 0 Å². The summed E-state index contributed by atoms with van der Waals surface area (Å²) < 4.78 is 0. The first-order chi connectivity index (χ1) is 9.99. The highest BCUT2D eigenvalue weighted by molar-refractivity contribution is 6.36. The van der Waals surface area contributed by atoms with Crippen LogP contribution in [0.2, 0.25) is 15.1 Å². The molecule has 0 saturated carbocycles. The van der Waals surface area contributed by atoms with Crippen molar-refractivity contribution in [1.82, 2.24) is 5.43 Å². The standard InChI is InChI=1S/C14H9Cl3N2O2/c15-9-3-1-8(2-4-9)14(21)19-18-7-10-11(16)5-6-12(17)13(10)20/h1-7,20H,(H,19,21)/b18-7+. The Morgan fingerprint density at radius 1 is 1.05 bits per heavy atom. The van der Waals surface area contributed by atoms with Crippen LogP contribution in [0.15, 0.2) is 41.5 Å². The smallest absolute Gasteiger partial charge is 0.271 e. The Bertz CT molecular complexity index is 700. The van der Waals surface area contributed by atoms with Crippen LogP contribution in [-0.4, -0.2) is 17.2 Å². The highest BCUT2D eigenvalue weighted by atomic mass is 35.5. The number of hydrogen-bond donors (Lipinski definition) is 2. The molecule has 2 rings (SSSR count). The Morgan fingerprint density at radius 2 is 1.67 bits per heavy atom. The quantitative estimate of drug-likeness (QED) is 0.650. The molecular formula is C14H9Cl3N2O2. The van der Waals surface area contributed by atoms with Crippen molar-refractivity contribution < 1.29 is 9.90 Å². The van der Waals surface area contributed by atoms with E-state index in [1.54, 1.807) is 24.3 Å². The fourth-order valence-corrected chi connectivity index (χ4v) is 1.99. The summed E-state index contributed by atoms with van der Waals surface area (Å²) in [5.74, 6) is -0.616. The third-order valence-electron chi connectivity index (χ3n) is 2.58. The van der Waals surface area contributed by atoms with E-state index in [1.807, 2.05) is 0 Å². The van der Waals surface area contributed by atoms with E-state index in [0.29, 0.717) is 10.6 Å². The molecule has 0 atom stereocenters. The molecule has 0 fully saturated rings. The van der Waals surface area contributed by atoms with Gasteiger partial charge in [-0.25, -0.2) is 5.43 Å². The molecule has 0 aromatic heterocycles. The van der Waals surface area contributed by atoms with Gasteiger partial charge < -0.3 is 5.11 Å². The molecule has 7 heteroatoms. The minimum Gasteiger partial charge on any atom is -0.506 e. The molecule has 2 aromatic rings. The molecule has 2 aromatic carbocycles. The van der Waals surface area contributed by atoms with Gasteiger partial charge in [-0.3, -0.25) is 4.79 Å². The monoisotopic (exact) mass is 342 g/mol. The lowest BCUT2D eigenvalue weighted by Gasteiger charge is -2.04. The fourth-order valence-electron chi connectivity index (χ4n) is 1.50. The van der Waals surface area contributed by atoms with Crippen LogP contribution >= 0.6 is 34.8 Å². The Morgan fingerprint density at radius 3 is 2.33 bits per heavy atom. The fraction of sp³-hybridized carbons (Fsp3) is 0. The van der Waals surface area contributed by atoms with Gasteiger partial charge in [0, 0.05) is 10.6 Å².